The SMILES string of the molecule is Cc1c(CNC(=O)Cn2nc(C(F)F)c([N+](=O)[O-])c2C)cnn1C. The molecule has 130 valence electrons. The molecule has 0 bridgehead atoms. The third kappa shape index (κ3) is 3.39. The molecule has 0 aliphatic carbocycles. The van der Waals surface area contributed by atoms with Crippen molar-refractivity contribution in [2.45, 2.75) is 33.4 Å². The van der Waals surface area contributed by atoms with E-state index in [2.05, 4.69) is 15.5 Å². The minimum Gasteiger partial charge on any atom is -0.350 e. The highest BCUT2D eigenvalue weighted by Crippen LogP contribution is 2.30. The van der Waals surface area contributed by atoms with Gasteiger partial charge >= 0.3 is 5.69 Å². The number of aromatic nitrogens is 4. The van der Waals surface area contributed by atoms with Crippen molar-refractivity contribution in [3.63, 3.8) is 0 Å². The summed E-state index contributed by atoms with van der Waals surface area (Å²) in [6, 6.07) is 0. The molecule has 1 N–H and O–H groups in total. The van der Waals surface area contributed by atoms with Gasteiger partial charge in [-0.1, -0.05) is 0 Å². The second-order valence-electron chi connectivity index (χ2n) is 5.19. The fourth-order valence-electron chi connectivity index (χ4n) is 2.19. The Morgan fingerprint density at radius 1 is 1.42 bits per heavy atom. The van der Waals surface area contributed by atoms with E-state index < -0.39 is 35.2 Å². The highest BCUT2D eigenvalue weighted by Gasteiger charge is 2.31. The monoisotopic (exact) mass is 342 g/mol. The van der Waals surface area contributed by atoms with Crippen LogP contribution >= 0.6 is 0 Å². The van der Waals surface area contributed by atoms with Crippen LogP contribution in [0.2, 0.25) is 0 Å². The standard InChI is InChI=1S/C13H16F2N6O3/c1-7-9(5-17-19(7)3)4-16-10(22)6-20-8(2)12(21(23)24)11(18-20)13(14)15/h5,13H,4,6H2,1-3H3,(H,16,22). The molecule has 0 aromatic carbocycles. The molecule has 9 nitrogen and oxygen atoms in total. The first kappa shape index (κ1) is 17.5. The average molecular weight is 342 g/mol. The second kappa shape index (κ2) is 6.72. The summed E-state index contributed by atoms with van der Waals surface area (Å²) < 4.78 is 28.2. The van der Waals surface area contributed by atoms with Crippen LogP contribution < -0.4 is 5.32 Å². The molecule has 2 aromatic rings. The first-order valence-electron chi connectivity index (χ1n) is 6.96. The van der Waals surface area contributed by atoms with Crippen molar-refractivity contribution < 1.29 is 18.5 Å². The molecule has 1 amide bonds. The van der Waals surface area contributed by atoms with Gasteiger partial charge in [0.05, 0.1) is 11.1 Å². The number of hydrogen-bond donors (Lipinski definition) is 1. The molecule has 2 heterocycles. The highest BCUT2D eigenvalue weighted by molar-refractivity contribution is 5.75. The Hall–Kier alpha value is -2.85. The van der Waals surface area contributed by atoms with Crippen LogP contribution in [0.25, 0.3) is 0 Å². The lowest BCUT2D eigenvalue weighted by molar-refractivity contribution is -0.386. The van der Waals surface area contributed by atoms with Gasteiger partial charge in [-0.3, -0.25) is 24.3 Å². The van der Waals surface area contributed by atoms with E-state index in [1.807, 2.05) is 6.92 Å². The molecule has 24 heavy (non-hydrogen) atoms. The molecule has 2 aromatic heterocycles. The van der Waals surface area contributed by atoms with Crippen molar-refractivity contribution in [3.8, 4) is 0 Å². The molecule has 0 saturated carbocycles. The van der Waals surface area contributed by atoms with E-state index in [0.29, 0.717) is 0 Å². The van der Waals surface area contributed by atoms with Gasteiger partial charge in [-0.15, -0.1) is 0 Å². The normalized spacial score (nSPS) is 11.1. The summed E-state index contributed by atoms with van der Waals surface area (Å²) in [4.78, 5) is 21.9. The number of amides is 1. The summed E-state index contributed by atoms with van der Waals surface area (Å²) in [5, 5.41) is 21.0. The maximum absolute atomic E-state index is 12.8. The number of carbonyl (C=O) groups excluding carboxylic acids is 1. The molecule has 0 saturated heterocycles. The molecule has 0 spiro atoms. The molecule has 2 rings (SSSR count). The second-order valence-corrected chi connectivity index (χ2v) is 5.19. The molecular formula is C13H16F2N6O3. The molecule has 0 unspecified atom stereocenters. The Balaban J connectivity index is 2.10. The lowest BCUT2D eigenvalue weighted by Gasteiger charge is -2.06. The molecular weight excluding hydrogens is 326 g/mol. The maximum atomic E-state index is 12.8. The number of alkyl halides is 2. The summed E-state index contributed by atoms with van der Waals surface area (Å²) in [6.45, 7) is 2.93. The van der Waals surface area contributed by atoms with E-state index in [9.17, 15) is 23.7 Å². The lowest BCUT2D eigenvalue weighted by atomic mass is 10.2. The van der Waals surface area contributed by atoms with Crippen LogP contribution in [0.15, 0.2) is 6.20 Å². The predicted molar refractivity (Wildman–Crippen MR) is 78.4 cm³/mol. The van der Waals surface area contributed by atoms with Gasteiger partial charge in [0.15, 0.2) is 0 Å². The number of nitrogens with zero attached hydrogens (tertiary/aromatic N) is 5. The van der Waals surface area contributed by atoms with Gasteiger partial charge in [-0.05, 0) is 13.8 Å². The first-order chi connectivity index (χ1) is 11.2. The number of rotatable bonds is 6. The molecule has 0 aliphatic rings. The van der Waals surface area contributed by atoms with Crippen LogP contribution in [-0.4, -0.2) is 30.4 Å². The fourth-order valence-corrected chi connectivity index (χ4v) is 2.19. The van der Waals surface area contributed by atoms with Crippen molar-refractivity contribution >= 4 is 11.6 Å². The Morgan fingerprint density at radius 3 is 2.54 bits per heavy atom. The van der Waals surface area contributed by atoms with E-state index in [-0.39, 0.29) is 12.2 Å². The molecule has 0 radical (unpaired) electrons. The van der Waals surface area contributed by atoms with Crippen molar-refractivity contribution in [2.24, 2.45) is 7.05 Å². The average Bonchev–Trinajstić information content (AvgIpc) is 2.99. The van der Waals surface area contributed by atoms with Gasteiger partial charge in [-0.2, -0.15) is 10.2 Å². The number of hydrogen-bond acceptors (Lipinski definition) is 5. The van der Waals surface area contributed by atoms with Crippen LogP contribution in [0.5, 0.6) is 0 Å². The third-order valence-corrected chi connectivity index (χ3v) is 3.70. The van der Waals surface area contributed by atoms with Crippen molar-refractivity contribution in [1.82, 2.24) is 24.9 Å². The fraction of sp³-hybridized carbons (Fsp3) is 0.462. The van der Waals surface area contributed by atoms with Crippen LogP contribution in [0.1, 0.15) is 29.1 Å². The van der Waals surface area contributed by atoms with Crippen molar-refractivity contribution in [1.29, 1.82) is 0 Å². The zero-order chi connectivity index (χ0) is 18.0. The number of halogens is 2. The Morgan fingerprint density at radius 2 is 2.08 bits per heavy atom. The zero-order valence-corrected chi connectivity index (χ0v) is 13.3. The largest absolute Gasteiger partial charge is 0.350 e. The highest BCUT2D eigenvalue weighted by atomic mass is 19.3. The number of nitro groups is 1. The number of aryl methyl sites for hydroxylation is 1. The first-order valence-corrected chi connectivity index (χ1v) is 6.96. The lowest BCUT2D eigenvalue weighted by Crippen LogP contribution is -2.28. The van der Waals surface area contributed by atoms with E-state index in [1.165, 1.54) is 6.92 Å². The van der Waals surface area contributed by atoms with Crippen LogP contribution in [-0.2, 0) is 24.9 Å². The number of nitrogens with one attached hydrogen (secondary N) is 1. The van der Waals surface area contributed by atoms with E-state index >= 15 is 0 Å². The van der Waals surface area contributed by atoms with Gasteiger partial charge in [-0.25, -0.2) is 8.78 Å². The van der Waals surface area contributed by atoms with Crippen LogP contribution in [0.4, 0.5) is 14.5 Å². The van der Waals surface area contributed by atoms with E-state index in [1.54, 1.807) is 17.9 Å². The van der Waals surface area contributed by atoms with Gasteiger partial charge in [0.1, 0.15) is 12.2 Å². The maximum Gasteiger partial charge on any atom is 0.319 e. The van der Waals surface area contributed by atoms with E-state index in [4.69, 9.17) is 0 Å². The van der Waals surface area contributed by atoms with Gasteiger partial charge in [0.2, 0.25) is 11.6 Å². The van der Waals surface area contributed by atoms with Crippen molar-refractivity contribution in [3.05, 3.63) is 39.0 Å². The smallest absolute Gasteiger partial charge is 0.319 e. The van der Waals surface area contributed by atoms with Gasteiger partial charge in [0.25, 0.3) is 6.43 Å². The molecule has 0 fully saturated rings. The summed E-state index contributed by atoms with van der Waals surface area (Å²) in [5.74, 6) is -0.500. The van der Waals surface area contributed by atoms with Gasteiger partial charge in [0, 0.05) is 24.8 Å². The minimum atomic E-state index is -3.09. The summed E-state index contributed by atoms with van der Waals surface area (Å²) >= 11 is 0. The molecule has 0 aliphatic heterocycles. The minimum absolute atomic E-state index is 0.0944. The third-order valence-electron chi connectivity index (χ3n) is 3.70. The van der Waals surface area contributed by atoms with Gasteiger partial charge < -0.3 is 5.32 Å². The quantitative estimate of drug-likeness (QED) is 0.630. The van der Waals surface area contributed by atoms with Crippen LogP contribution in [0, 0.1) is 24.0 Å². The Kier molecular flexibility index (Phi) is 4.90. The molecule has 0 atom stereocenters. The Labute approximate surface area is 135 Å². The Bertz CT molecular complexity index is 783. The number of carbonyl (C=O) groups is 1. The zero-order valence-electron chi connectivity index (χ0n) is 13.3. The molecule has 11 heteroatoms. The van der Waals surface area contributed by atoms with Crippen LogP contribution in [0.3, 0.4) is 0 Å². The van der Waals surface area contributed by atoms with E-state index in [0.717, 1.165) is 15.9 Å². The predicted octanol–water partition coefficient (Wildman–Crippen LogP) is 1.40. The summed E-state index contributed by atoms with van der Waals surface area (Å²) in [5.41, 5.74) is -0.110. The topological polar surface area (TPSA) is 108 Å². The summed E-state index contributed by atoms with van der Waals surface area (Å²) in [7, 11) is 1.76. The summed E-state index contributed by atoms with van der Waals surface area (Å²) in [6.07, 6.45) is -1.49. The van der Waals surface area contributed by atoms with Crippen molar-refractivity contribution in [2.75, 3.05) is 0 Å².